The predicted octanol–water partition coefficient (Wildman–Crippen LogP) is 2.38. The van der Waals surface area contributed by atoms with Crippen LogP contribution < -0.4 is 5.32 Å². The van der Waals surface area contributed by atoms with Gasteiger partial charge in [-0.1, -0.05) is 13.8 Å². The summed E-state index contributed by atoms with van der Waals surface area (Å²) in [6.45, 7) is 9.26. The minimum absolute atomic E-state index is 0.302. The first-order chi connectivity index (χ1) is 7.11. The minimum Gasteiger partial charge on any atom is -0.444 e. The molecule has 1 N–H and O–H groups in total. The van der Waals surface area contributed by atoms with Gasteiger partial charge in [0, 0.05) is 0 Å². The van der Waals surface area contributed by atoms with Crippen LogP contribution in [0.2, 0.25) is 0 Å². The van der Waals surface area contributed by atoms with Crippen LogP contribution in [0, 0.1) is 5.92 Å². The number of nitrogens with one attached hydrogen (secondary N) is 1. The second-order valence-electron chi connectivity index (χ2n) is 5.17. The Balaban J connectivity index is 4.30. The molecule has 0 heterocycles. The lowest BCUT2D eigenvalue weighted by Crippen LogP contribution is -2.42. The molecular weight excluding hydrogens is 226 g/mol. The maximum Gasteiger partial charge on any atom is 0.408 e. The van der Waals surface area contributed by atoms with Gasteiger partial charge in [0.2, 0.25) is 5.12 Å². The van der Waals surface area contributed by atoms with Crippen molar-refractivity contribution in [3.63, 3.8) is 0 Å². The molecule has 0 rings (SSSR count). The minimum atomic E-state index is -0.585. The smallest absolute Gasteiger partial charge is 0.408 e. The molecule has 0 radical (unpaired) electrons. The molecule has 0 spiro atoms. The Morgan fingerprint density at radius 3 is 2.12 bits per heavy atom. The Morgan fingerprint density at radius 2 is 1.81 bits per heavy atom. The predicted molar refractivity (Wildman–Crippen MR) is 66.6 cm³/mol. The topological polar surface area (TPSA) is 55.4 Å². The van der Waals surface area contributed by atoms with E-state index < -0.39 is 17.7 Å². The number of ether oxygens (including phenoxy) is 1. The van der Waals surface area contributed by atoms with E-state index in [4.69, 9.17) is 4.74 Å². The van der Waals surface area contributed by atoms with E-state index in [1.165, 1.54) is 0 Å². The van der Waals surface area contributed by atoms with Gasteiger partial charge in [-0.2, -0.15) is 0 Å². The Bertz CT molecular complexity index is 258. The van der Waals surface area contributed by atoms with Crippen molar-refractivity contribution in [2.45, 2.75) is 52.7 Å². The number of amides is 1. The molecule has 5 heteroatoms. The molecule has 0 aromatic heterocycles. The van der Waals surface area contributed by atoms with Crippen LogP contribution in [0.25, 0.3) is 0 Å². The summed E-state index contributed by atoms with van der Waals surface area (Å²) in [5.74, 6) is 0.302. The van der Waals surface area contributed by atoms with Gasteiger partial charge in [-0.15, -0.1) is 12.6 Å². The van der Waals surface area contributed by atoms with Crippen molar-refractivity contribution in [1.29, 1.82) is 0 Å². The summed E-state index contributed by atoms with van der Waals surface area (Å²) in [5.41, 5.74) is -0.563. The van der Waals surface area contributed by atoms with Crippen LogP contribution >= 0.6 is 12.6 Å². The van der Waals surface area contributed by atoms with Crippen molar-refractivity contribution < 1.29 is 14.3 Å². The highest BCUT2D eigenvalue weighted by atomic mass is 32.1. The number of hydrogen-bond acceptors (Lipinski definition) is 3. The highest BCUT2D eigenvalue weighted by Gasteiger charge is 2.23. The third kappa shape index (κ3) is 7.56. The van der Waals surface area contributed by atoms with Crippen LogP contribution in [-0.4, -0.2) is 22.9 Å². The van der Waals surface area contributed by atoms with E-state index in [0.717, 1.165) is 0 Å². The van der Waals surface area contributed by atoms with Gasteiger partial charge < -0.3 is 10.1 Å². The Kier molecular flexibility index (Phi) is 5.86. The van der Waals surface area contributed by atoms with Gasteiger partial charge in [-0.05, 0) is 33.1 Å². The second-order valence-corrected chi connectivity index (χ2v) is 5.61. The lowest BCUT2D eigenvalue weighted by atomic mass is 10.1. The van der Waals surface area contributed by atoms with E-state index in [0.29, 0.717) is 12.3 Å². The molecule has 0 aliphatic heterocycles. The Hall–Kier alpha value is -0.710. The van der Waals surface area contributed by atoms with Crippen molar-refractivity contribution >= 4 is 23.8 Å². The van der Waals surface area contributed by atoms with Crippen molar-refractivity contribution in [3.05, 3.63) is 0 Å². The molecule has 0 aromatic rings. The van der Waals surface area contributed by atoms with Gasteiger partial charge in [0.15, 0.2) is 0 Å². The number of rotatable bonds is 4. The lowest BCUT2D eigenvalue weighted by Gasteiger charge is -2.23. The molecule has 16 heavy (non-hydrogen) atoms. The van der Waals surface area contributed by atoms with Gasteiger partial charge in [0.05, 0.1) is 0 Å². The summed E-state index contributed by atoms with van der Waals surface area (Å²) >= 11 is 3.74. The second kappa shape index (κ2) is 6.13. The largest absolute Gasteiger partial charge is 0.444 e. The number of carbonyl (C=O) groups excluding carboxylic acids is 2. The van der Waals surface area contributed by atoms with E-state index in [1.54, 1.807) is 20.8 Å². The zero-order valence-corrected chi connectivity index (χ0v) is 11.4. The third-order valence-corrected chi connectivity index (χ3v) is 2.01. The SMILES string of the molecule is CC(C)C[C@H](NC(=O)OC(C)(C)C)C(=O)S. The lowest BCUT2D eigenvalue weighted by molar-refractivity contribution is -0.113. The van der Waals surface area contributed by atoms with E-state index in [2.05, 4.69) is 17.9 Å². The molecule has 0 saturated heterocycles. The Labute approximate surface area is 103 Å². The van der Waals surface area contributed by atoms with Crippen LogP contribution in [0.3, 0.4) is 0 Å². The summed E-state index contributed by atoms with van der Waals surface area (Å²) in [6, 6.07) is -0.585. The van der Waals surface area contributed by atoms with Crippen molar-refractivity contribution in [3.8, 4) is 0 Å². The van der Waals surface area contributed by atoms with E-state index >= 15 is 0 Å². The maximum atomic E-state index is 11.4. The first-order valence-electron chi connectivity index (χ1n) is 5.34. The summed E-state index contributed by atoms with van der Waals surface area (Å²) in [5, 5.41) is 2.17. The molecule has 0 saturated carbocycles. The molecular formula is C11H21NO3S. The first-order valence-corrected chi connectivity index (χ1v) is 5.79. The van der Waals surface area contributed by atoms with Gasteiger partial charge in [-0.25, -0.2) is 4.79 Å². The summed E-state index contributed by atoms with van der Waals surface area (Å²) in [4.78, 5) is 22.6. The molecule has 0 bridgehead atoms. The highest BCUT2D eigenvalue weighted by molar-refractivity contribution is 7.96. The van der Waals surface area contributed by atoms with Crippen molar-refractivity contribution in [2.24, 2.45) is 5.92 Å². The molecule has 0 aliphatic carbocycles. The number of alkyl carbamates (subject to hydrolysis) is 1. The fraction of sp³-hybridized carbons (Fsp3) is 0.818. The monoisotopic (exact) mass is 247 g/mol. The maximum absolute atomic E-state index is 11.4. The summed E-state index contributed by atoms with van der Waals surface area (Å²) in [7, 11) is 0. The van der Waals surface area contributed by atoms with Gasteiger partial charge in [0.25, 0.3) is 0 Å². The standard InChI is InChI=1S/C11H21NO3S/c1-7(2)6-8(9(13)16)12-10(14)15-11(3,4)5/h7-8H,6H2,1-5H3,(H,12,14)(H,13,16)/t8-/m0/s1. The number of carbonyl (C=O) groups is 2. The fourth-order valence-corrected chi connectivity index (χ4v) is 1.31. The van der Waals surface area contributed by atoms with Crippen LogP contribution in [0.5, 0.6) is 0 Å². The van der Waals surface area contributed by atoms with Crippen molar-refractivity contribution in [2.75, 3.05) is 0 Å². The zero-order valence-electron chi connectivity index (χ0n) is 10.5. The molecule has 1 amide bonds. The molecule has 0 fully saturated rings. The van der Waals surface area contributed by atoms with Crippen LogP contribution in [0.15, 0.2) is 0 Å². The van der Waals surface area contributed by atoms with E-state index in [1.807, 2.05) is 13.8 Å². The first kappa shape index (κ1) is 15.3. The quantitative estimate of drug-likeness (QED) is 0.750. The number of hydrogen-bond donors (Lipinski definition) is 2. The number of thiol groups is 1. The molecule has 1 atom stereocenters. The van der Waals surface area contributed by atoms with Crippen LogP contribution in [0.1, 0.15) is 41.0 Å². The molecule has 0 aliphatic rings. The normalized spacial score (nSPS) is 13.4. The van der Waals surface area contributed by atoms with Crippen molar-refractivity contribution in [1.82, 2.24) is 5.32 Å². The third-order valence-electron chi connectivity index (χ3n) is 1.70. The van der Waals surface area contributed by atoms with Crippen LogP contribution in [0.4, 0.5) is 4.79 Å². The summed E-state index contributed by atoms with van der Waals surface area (Å²) < 4.78 is 5.06. The molecule has 94 valence electrons. The highest BCUT2D eigenvalue weighted by Crippen LogP contribution is 2.10. The fourth-order valence-electron chi connectivity index (χ4n) is 1.14. The zero-order chi connectivity index (χ0) is 12.9. The molecule has 0 aromatic carbocycles. The van der Waals surface area contributed by atoms with Crippen LogP contribution in [-0.2, 0) is 9.53 Å². The average Bonchev–Trinajstić information content (AvgIpc) is 1.97. The van der Waals surface area contributed by atoms with Gasteiger partial charge >= 0.3 is 6.09 Å². The van der Waals surface area contributed by atoms with E-state index in [-0.39, 0.29) is 5.12 Å². The molecule has 0 unspecified atom stereocenters. The Morgan fingerprint density at radius 1 is 1.31 bits per heavy atom. The van der Waals surface area contributed by atoms with Gasteiger partial charge in [0.1, 0.15) is 11.6 Å². The van der Waals surface area contributed by atoms with E-state index in [9.17, 15) is 9.59 Å². The summed E-state index contributed by atoms with van der Waals surface area (Å²) in [6.07, 6.45) is -0.0257. The molecule has 4 nitrogen and oxygen atoms in total. The average molecular weight is 247 g/mol. The van der Waals surface area contributed by atoms with Gasteiger partial charge in [-0.3, -0.25) is 4.79 Å².